The summed E-state index contributed by atoms with van der Waals surface area (Å²) in [5, 5.41) is 7.57. The average molecular weight is 1160 g/mol. The van der Waals surface area contributed by atoms with E-state index in [4.69, 9.17) is 107 Å². The third-order valence-electron chi connectivity index (χ3n) is 9.99. The number of rotatable bonds is 21. The van der Waals surface area contributed by atoms with Crippen molar-refractivity contribution in [1.29, 1.82) is 0 Å². The van der Waals surface area contributed by atoms with Crippen LogP contribution in [-0.2, 0) is 78.8 Å². The molecule has 17 nitrogen and oxygen atoms in total. The molecule has 27 heteroatoms. The molecular formula is C39H72B3IN2O15P4S2. The van der Waals surface area contributed by atoms with Crippen LogP contribution >= 0.6 is 52.3 Å². The van der Waals surface area contributed by atoms with Gasteiger partial charge in [0.2, 0.25) is 0 Å². The van der Waals surface area contributed by atoms with E-state index in [1.165, 1.54) is 10.8 Å². The van der Waals surface area contributed by atoms with E-state index in [1.807, 2.05) is 70.3 Å². The Labute approximate surface area is 423 Å². The minimum Gasteiger partial charge on any atom is -0.397 e. The van der Waals surface area contributed by atoms with Gasteiger partial charge in [-0.15, -0.1) is 0 Å². The van der Waals surface area contributed by atoms with Gasteiger partial charge in [0.25, 0.3) is 5.56 Å². The fourth-order valence-electron chi connectivity index (χ4n) is 7.29. The van der Waals surface area contributed by atoms with Crippen molar-refractivity contribution in [2.24, 2.45) is 0 Å². The molecule has 16 atom stereocenters. The van der Waals surface area contributed by atoms with Gasteiger partial charge < -0.3 is 60.2 Å². The van der Waals surface area contributed by atoms with E-state index in [1.54, 1.807) is 13.6 Å². The summed E-state index contributed by atoms with van der Waals surface area (Å²) in [6.07, 6.45) is 5.10. The molecule has 0 aromatic carbocycles. The number of nitrogens with one attached hydrogen (secondary N) is 1. The molecule has 4 fully saturated rings. The standard InChI is InChI=1S/C19H30BIN2O8P2S.C9H18BO3PS.C9H18BO3P.C2H6O/c1-5-12-13(8-17(29-12)23-9-11(21)18(24)22-19(23)25)30-32(3)26-10-15-14(7-16(20)28-15)31-33(4,34)27-6-2;1-4-7-8(6-9(10)12-7)13-14(3,15)11-5-2;1-4-7-8(6-9(10)12-7)13-14(3)11-5-2;1-2-3/h9,12-17H,5-8,10H2,1-4H3,(H,22,24,25);7-9H,4-6H2,1-3H3;7-9H,4-6H2,1-3H3;3H,2H2,1H3. The number of aliphatic hydroxyl groups excluding tert-OH is 1. The van der Waals surface area contributed by atoms with Gasteiger partial charge in [-0.2, -0.15) is 0 Å². The molecule has 0 spiro atoms. The van der Waals surface area contributed by atoms with Gasteiger partial charge in [0.15, 0.2) is 29.7 Å². The number of hydrogen-bond donors (Lipinski definition) is 2. The lowest BCUT2D eigenvalue weighted by Crippen LogP contribution is -2.33. The number of H-pyrrole nitrogens is 1. The van der Waals surface area contributed by atoms with Gasteiger partial charge in [-0.25, -0.2) is 4.79 Å². The minimum atomic E-state index is -2.39. The van der Waals surface area contributed by atoms with E-state index < -0.39 is 53.2 Å². The van der Waals surface area contributed by atoms with E-state index in [0.29, 0.717) is 49.1 Å². The molecule has 376 valence electrons. The average Bonchev–Trinajstić information content (AvgIpc) is 3.99. The van der Waals surface area contributed by atoms with Crippen LogP contribution in [-0.4, -0.2) is 165 Å². The highest BCUT2D eigenvalue weighted by Gasteiger charge is 2.40. The first-order valence-corrected chi connectivity index (χ1v) is 33.0. The third kappa shape index (κ3) is 22.6. The Morgan fingerprint density at radius 3 is 1.59 bits per heavy atom. The summed E-state index contributed by atoms with van der Waals surface area (Å²) in [5.74, 6) is 0. The molecule has 4 aliphatic rings. The number of ether oxygens (including phenoxy) is 4. The highest BCUT2D eigenvalue weighted by molar-refractivity contribution is 14.1. The molecule has 0 bridgehead atoms. The molecule has 0 aliphatic carbocycles. The molecular weight excluding hydrogens is 1080 g/mol. The van der Waals surface area contributed by atoms with Crippen LogP contribution in [0.15, 0.2) is 15.8 Å². The number of aliphatic hydroxyl groups is 1. The number of hydrogen-bond acceptors (Lipinski definition) is 17. The van der Waals surface area contributed by atoms with E-state index in [9.17, 15) is 9.59 Å². The second kappa shape index (κ2) is 32.4. The number of nitrogens with zero attached hydrogens (tertiary/aromatic N) is 1. The molecule has 2 N–H and O–H groups in total. The van der Waals surface area contributed by atoms with Gasteiger partial charge in [0.1, 0.15) is 35.9 Å². The summed E-state index contributed by atoms with van der Waals surface area (Å²) in [4.78, 5) is 26.2. The van der Waals surface area contributed by atoms with Crippen molar-refractivity contribution in [3.63, 3.8) is 0 Å². The fourth-order valence-corrected chi connectivity index (χ4v) is 13.6. The van der Waals surface area contributed by atoms with Gasteiger partial charge in [0, 0.05) is 63.9 Å². The molecule has 5 rings (SSSR count). The van der Waals surface area contributed by atoms with Gasteiger partial charge in [-0.1, -0.05) is 20.8 Å². The van der Waals surface area contributed by atoms with Crippen LogP contribution in [0.4, 0.5) is 0 Å². The predicted molar refractivity (Wildman–Crippen MR) is 280 cm³/mol. The summed E-state index contributed by atoms with van der Waals surface area (Å²) in [5.41, 5.74) is -0.925. The highest BCUT2D eigenvalue weighted by Crippen LogP contribution is 2.50. The molecule has 0 amide bonds. The molecule has 4 saturated heterocycles. The summed E-state index contributed by atoms with van der Waals surface area (Å²) in [7, 11) is 15.3. The van der Waals surface area contributed by atoms with Crippen molar-refractivity contribution in [2.45, 2.75) is 166 Å². The second-order valence-electron chi connectivity index (χ2n) is 15.4. The van der Waals surface area contributed by atoms with Crippen LogP contribution in [0.1, 0.15) is 99.6 Å². The maximum absolute atomic E-state index is 12.3. The largest absolute Gasteiger partial charge is 0.397 e. The number of aromatic amines is 1. The normalized spacial score (nSPS) is 32.1. The minimum absolute atomic E-state index is 0.00705. The molecule has 1 aromatic rings. The lowest BCUT2D eigenvalue weighted by molar-refractivity contribution is -0.0205. The first-order chi connectivity index (χ1) is 31.1. The van der Waals surface area contributed by atoms with Gasteiger partial charge in [-0.05, 0) is 112 Å². The van der Waals surface area contributed by atoms with Crippen molar-refractivity contribution in [3.05, 3.63) is 30.6 Å². The van der Waals surface area contributed by atoms with Gasteiger partial charge in [0.05, 0.1) is 72.7 Å². The first-order valence-electron chi connectivity index (χ1n) is 22.5. The molecule has 1 aromatic heterocycles. The zero-order valence-electron chi connectivity index (χ0n) is 40.3. The topological polar surface area (TPSA) is 186 Å². The van der Waals surface area contributed by atoms with Crippen LogP contribution < -0.4 is 11.2 Å². The predicted octanol–water partition coefficient (Wildman–Crippen LogP) is 6.91. The maximum Gasteiger partial charge on any atom is 0.330 e. The summed E-state index contributed by atoms with van der Waals surface area (Å²) >= 11 is 12.6. The fraction of sp³-hybridized carbons (Fsp3) is 0.897. The van der Waals surface area contributed by atoms with E-state index in [2.05, 4.69) is 18.8 Å². The summed E-state index contributed by atoms with van der Waals surface area (Å²) < 4.78 is 70.8. The van der Waals surface area contributed by atoms with Crippen molar-refractivity contribution in [2.75, 3.05) is 59.7 Å². The molecule has 16 unspecified atom stereocenters. The molecule has 66 heavy (non-hydrogen) atoms. The van der Waals surface area contributed by atoms with E-state index >= 15 is 0 Å². The Kier molecular flexibility index (Phi) is 31.1. The van der Waals surface area contributed by atoms with Gasteiger partial charge in [-0.3, -0.25) is 14.3 Å². The van der Waals surface area contributed by atoms with Crippen molar-refractivity contribution in [3.8, 4) is 0 Å². The third-order valence-corrected chi connectivity index (χ3v) is 16.9. The number of aromatic nitrogens is 2. The second-order valence-corrected chi connectivity index (χ2v) is 27.3. The molecule has 5 heterocycles. The smallest absolute Gasteiger partial charge is 0.330 e. The van der Waals surface area contributed by atoms with Gasteiger partial charge >= 0.3 is 5.69 Å². The van der Waals surface area contributed by atoms with Crippen LogP contribution in [0, 0.1) is 3.57 Å². The van der Waals surface area contributed by atoms with Crippen LogP contribution in [0.2, 0.25) is 0 Å². The van der Waals surface area contributed by atoms with Crippen molar-refractivity contribution in [1.82, 2.24) is 9.55 Å². The van der Waals surface area contributed by atoms with Crippen LogP contribution in [0.3, 0.4) is 0 Å². The van der Waals surface area contributed by atoms with Crippen LogP contribution in [0.5, 0.6) is 0 Å². The molecule has 6 radical (unpaired) electrons. The monoisotopic (exact) mass is 1160 g/mol. The quantitative estimate of drug-likeness (QED) is 0.0734. The van der Waals surface area contributed by atoms with E-state index in [0.717, 1.165) is 19.3 Å². The van der Waals surface area contributed by atoms with Crippen LogP contribution in [0.25, 0.3) is 0 Å². The highest BCUT2D eigenvalue weighted by atomic mass is 127. The Morgan fingerprint density at radius 2 is 1.12 bits per heavy atom. The summed E-state index contributed by atoms with van der Waals surface area (Å²) in [6, 6.07) is -0.849. The molecule has 0 saturated carbocycles. The summed E-state index contributed by atoms with van der Waals surface area (Å²) in [6.45, 7) is 18.8. The lowest BCUT2D eigenvalue weighted by atomic mass is 9.96. The number of halogens is 1. The zero-order valence-corrected chi connectivity index (χ0v) is 47.7. The SMILES string of the molecule is CCO.[B]C1CC(OP(C)(=S)OCC)C(CC)O1.[B]C1CC(OP(C)(=S)OCC)C(COP(C)OC2CC(n3cc(I)c(=O)[nH]c3=O)OC2CC)O1.[B]C1CC(OP(C)OCC)C(CC)O1. The van der Waals surface area contributed by atoms with Crippen molar-refractivity contribution < 1.29 is 60.2 Å². The van der Waals surface area contributed by atoms with Crippen molar-refractivity contribution >= 4 is 99.5 Å². The Balaban J connectivity index is 0.000000384. The maximum atomic E-state index is 12.3. The first kappa shape index (κ1) is 63.4. The zero-order chi connectivity index (χ0) is 49.8. The Hall–Kier alpha value is 1.24. The molecule has 4 aliphatic heterocycles. The van der Waals surface area contributed by atoms with E-state index in [-0.39, 0.29) is 74.1 Å². The Bertz CT molecular complexity index is 1760. The Morgan fingerprint density at radius 1 is 0.712 bits per heavy atom. The lowest BCUT2D eigenvalue weighted by Gasteiger charge is -2.26.